The van der Waals surface area contributed by atoms with Gasteiger partial charge in [0, 0.05) is 6.54 Å². The zero-order chi connectivity index (χ0) is 12.0. The fourth-order valence-electron chi connectivity index (χ4n) is 1.40. The normalized spacial score (nSPS) is 12.8. The molecule has 0 spiro atoms. The van der Waals surface area contributed by atoms with Crippen molar-refractivity contribution in [3.8, 4) is 5.75 Å². The van der Waals surface area contributed by atoms with Gasteiger partial charge in [0.25, 0.3) is 0 Å². The first-order valence-corrected chi connectivity index (χ1v) is 5.77. The third-order valence-corrected chi connectivity index (χ3v) is 2.45. The van der Waals surface area contributed by atoms with Crippen LogP contribution < -0.4 is 10.1 Å². The Hall–Kier alpha value is -1.09. The van der Waals surface area contributed by atoms with Crippen molar-refractivity contribution in [2.24, 2.45) is 5.92 Å². The van der Waals surface area contributed by atoms with Gasteiger partial charge in [0.05, 0.1) is 0 Å². The van der Waals surface area contributed by atoms with Crippen LogP contribution in [-0.4, -0.2) is 19.2 Å². The third kappa shape index (κ3) is 3.81. The Morgan fingerprint density at radius 2 is 2.00 bits per heavy atom. The first kappa shape index (κ1) is 13.0. The summed E-state index contributed by atoms with van der Waals surface area (Å²) in [6.45, 7) is 7.82. The van der Waals surface area contributed by atoms with Crippen LogP contribution in [-0.2, 0) is 0 Å². The van der Waals surface area contributed by atoms with Crippen LogP contribution in [0, 0.1) is 11.7 Å². The van der Waals surface area contributed by atoms with E-state index in [1.54, 1.807) is 18.2 Å². The standard InChI is InChI=1S/C13H20FNO/c1-4-15-9-13(10(2)3)16-12-8-6-5-7-11(12)14/h5-8,10,13,15H,4,9H2,1-3H3. The number of hydrogen-bond donors (Lipinski definition) is 1. The van der Waals surface area contributed by atoms with Crippen LogP contribution in [0.5, 0.6) is 5.75 Å². The molecule has 0 aromatic heterocycles. The van der Waals surface area contributed by atoms with Crippen molar-refractivity contribution in [1.82, 2.24) is 5.32 Å². The molecule has 1 aromatic carbocycles. The average molecular weight is 225 g/mol. The molecule has 0 aliphatic heterocycles. The van der Waals surface area contributed by atoms with E-state index in [-0.39, 0.29) is 11.9 Å². The highest BCUT2D eigenvalue weighted by Crippen LogP contribution is 2.19. The van der Waals surface area contributed by atoms with E-state index in [9.17, 15) is 4.39 Å². The number of hydrogen-bond acceptors (Lipinski definition) is 2. The minimum absolute atomic E-state index is 0.00292. The van der Waals surface area contributed by atoms with Gasteiger partial charge in [0.15, 0.2) is 11.6 Å². The maximum Gasteiger partial charge on any atom is 0.165 e. The number of benzene rings is 1. The van der Waals surface area contributed by atoms with Crippen LogP contribution in [0.2, 0.25) is 0 Å². The van der Waals surface area contributed by atoms with Gasteiger partial charge in [-0.3, -0.25) is 0 Å². The molecule has 0 fully saturated rings. The summed E-state index contributed by atoms with van der Waals surface area (Å²) in [5.74, 6) is 0.377. The van der Waals surface area contributed by atoms with Gasteiger partial charge in [-0.2, -0.15) is 0 Å². The Kier molecular flexibility index (Phi) is 5.26. The van der Waals surface area contributed by atoms with Gasteiger partial charge in [-0.15, -0.1) is 0 Å². The van der Waals surface area contributed by atoms with Crippen molar-refractivity contribution in [2.45, 2.75) is 26.9 Å². The van der Waals surface area contributed by atoms with Crippen molar-refractivity contribution in [2.75, 3.05) is 13.1 Å². The zero-order valence-electron chi connectivity index (χ0n) is 10.2. The van der Waals surface area contributed by atoms with E-state index in [2.05, 4.69) is 19.2 Å². The monoisotopic (exact) mass is 225 g/mol. The molecular formula is C13H20FNO. The number of nitrogens with one attached hydrogen (secondary N) is 1. The molecule has 0 amide bonds. The van der Waals surface area contributed by atoms with E-state index in [1.807, 2.05) is 6.92 Å². The summed E-state index contributed by atoms with van der Waals surface area (Å²) in [6.07, 6.45) is -0.00292. The van der Waals surface area contributed by atoms with E-state index >= 15 is 0 Å². The highest BCUT2D eigenvalue weighted by molar-refractivity contribution is 5.23. The molecule has 0 bridgehead atoms. The predicted molar refractivity (Wildman–Crippen MR) is 64.2 cm³/mol. The van der Waals surface area contributed by atoms with Gasteiger partial charge in [0.1, 0.15) is 6.10 Å². The summed E-state index contributed by atoms with van der Waals surface area (Å²) in [5, 5.41) is 3.22. The van der Waals surface area contributed by atoms with E-state index in [0.29, 0.717) is 11.7 Å². The van der Waals surface area contributed by atoms with Gasteiger partial charge in [-0.1, -0.05) is 32.9 Å². The van der Waals surface area contributed by atoms with Crippen molar-refractivity contribution in [3.05, 3.63) is 30.1 Å². The first-order valence-electron chi connectivity index (χ1n) is 5.77. The Bertz CT molecular complexity index is 315. The van der Waals surface area contributed by atoms with Gasteiger partial charge >= 0.3 is 0 Å². The molecule has 2 nitrogen and oxygen atoms in total. The largest absolute Gasteiger partial charge is 0.486 e. The Balaban J connectivity index is 2.64. The topological polar surface area (TPSA) is 21.3 Å². The summed E-state index contributed by atoms with van der Waals surface area (Å²) < 4.78 is 19.1. The molecule has 16 heavy (non-hydrogen) atoms. The molecule has 3 heteroatoms. The lowest BCUT2D eigenvalue weighted by Gasteiger charge is -2.23. The van der Waals surface area contributed by atoms with Crippen molar-refractivity contribution in [3.63, 3.8) is 0 Å². The number of ether oxygens (including phenoxy) is 1. The Labute approximate surface area is 96.8 Å². The molecule has 0 saturated heterocycles. The molecule has 0 aliphatic carbocycles. The fraction of sp³-hybridized carbons (Fsp3) is 0.538. The molecule has 0 heterocycles. The number of rotatable bonds is 6. The molecule has 90 valence electrons. The molecule has 1 rings (SSSR count). The fourth-order valence-corrected chi connectivity index (χ4v) is 1.40. The highest BCUT2D eigenvalue weighted by atomic mass is 19.1. The van der Waals surface area contributed by atoms with Gasteiger partial charge < -0.3 is 10.1 Å². The van der Waals surface area contributed by atoms with E-state index in [1.165, 1.54) is 6.07 Å². The molecule has 0 radical (unpaired) electrons. The maximum absolute atomic E-state index is 13.4. The SMILES string of the molecule is CCNCC(Oc1ccccc1F)C(C)C. The van der Waals surface area contributed by atoms with E-state index in [0.717, 1.165) is 13.1 Å². The quantitative estimate of drug-likeness (QED) is 0.803. The second-order valence-electron chi connectivity index (χ2n) is 4.14. The van der Waals surface area contributed by atoms with Gasteiger partial charge in [-0.25, -0.2) is 4.39 Å². The highest BCUT2D eigenvalue weighted by Gasteiger charge is 2.16. The van der Waals surface area contributed by atoms with Crippen LogP contribution in [0.25, 0.3) is 0 Å². The second kappa shape index (κ2) is 6.48. The lowest BCUT2D eigenvalue weighted by atomic mass is 10.1. The number of halogens is 1. The average Bonchev–Trinajstić information content (AvgIpc) is 2.26. The zero-order valence-corrected chi connectivity index (χ0v) is 10.2. The van der Waals surface area contributed by atoms with Crippen LogP contribution in [0.4, 0.5) is 4.39 Å². The Morgan fingerprint density at radius 1 is 1.31 bits per heavy atom. The predicted octanol–water partition coefficient (Wildman–Crippen LogP) is 2.84. The molecule has 0 aliphatic rings. The van der Waals surface area contributed by atoms with E-state index < -0.39 is 0 Å². The minimum Gasteiger partial charge on any atom is -0.486 e. The molecule has 1 unspecified atom stereocenters. The molecular weight excluding hydrogens is 205 g/mol. The summed E-state index contributed by atoms with van der Waals surface area (Å²) in [4.78, 5) is 0. The lowest BCUT2D eigenvalue weighted by Crippen LogP contribution is -2.35. The molecule has 1 N–H and O–H groups in total. The van der Waals surface area contributed by atoms with Crippen LogP contribution in [0.15, 0.2) is 24.3 Å². The number of likely N-dealkylation sites (N-methyl/N-ethyl adjacent to an activating group) is 1. The van der Waals surface area contributed by atoms with Crippen LogP contribution in [0.3, 0.4) is 0 Å². The van der Waals surface area contributed by atoms with Crippen LogP contribution >= 0.6 is 0 Å². The first-order chi connectivity index (χ1) is 7.65. The summed E-state index contributed by atoms with van der Waals surface area (Å²) in [7, 11) is 0. The second-order valence-corrected chi connectivity index (χ2v) is 4.14. The summed E-state index contributed by atoms with van der Waals surface area (Å²) in [6, 6.07) is 6.52. The van der Waals surface area contributed by atoms with Gasteiger partial charge in [0.2, 0.25) is 0 Å². The molecule has 0 saturated carbocycles. The van der Waals surface area contributed by atoms with Crippen molar-refractivity contribution >= 4 is 0 Å². The molecule has 1 aromatic rings. The maximum atomic E-state index is 13.4. The smallest absolute Gasteiger partial charge is 0.165 e. The minimum atomic E-state index is -0.301. The summed E-state index contributed by atoms with van der Waals surface area (Å²) >= 11 is 0. The van der Waals surface area contributed by atoms with Crippen molar-refractivity contribution < 1.29 is 9.13 Å². The van der Waals surface area contributed by atoms with Crippen LogP contribution in [0.1, 0.15) is 20.8 Å². The number of para-hydroxylation sites is 1. The van der Waals surface area contributed by atoms with E-state index in [4.69, 9.17) is 4.74 Å². The van der Waals surface area contributed by atoms with Crippen molar-refractivity contribution in [1.29, 1.82) is 0 Å². The molecule has 1 atom stereocenters. The summed E-state index contributed by atoms with van der Waals surface area (Å²) in [5.41, 5.74) is 0. The Morgan fingerprint density at radius 3 is 2.56 bits per heavy atom. The van der Waals surface area contributed by atoms with Gasteiger partial charge in [-0.05, 0) is 24.6 Å². The lowest BCUT2D eigenvalue weighted by molar-refractivity contribution is 0.143. The third-order valence-electron chi connectivity index (χ3n) is 2.45.